The SMILES string of the molecule is CNCc1ccc(-c2ccnn2-c2ccccc2)o1. The molecular formula is C15H15N3O. The van der Waals surface area contributed by atoms with Crippen molar-refractivity contribution in [3.8, 4) is 17.1 Å². The second-order valence-corrected chi connectivity index (χ2v) is 4.26. The molecule has 1 aromatic carbocycles. The fraction of sp³-hybridized carbons (Fsp3) is 0.133. The van der Waals surface area contributed by atoms with Gasteiger partial charge in [0.25, 0.3) is 0 Å². The molecule has 0 saturated heterocycles. The Labute approximate surface area is 111 Å². The molecule has 0 aliphatic carbocycles. The molecule has 0 spiro atoms. The van der Waals surface area contributed by atoms with E-state index < -0.39 is 0 Å². The van der Waals surface area contributed by atoms with Crippen LogP contribution in [-0.4, -0.2) is 16.8 Å². The highest BCUT2D eigenvalue weighted by atomic mass is 16.3. The number of furan rings is 1. The Hall–Kier alpha value is -2.33. The molecule has 0 amide bonds. The van der Waals surface area contributed by atoms with Crippen molar-refractivity contribution >= 4 is 0 Å². The first-order valence-corrected chi connectivity index (χ1v) is 6.21. The first kappa shape index (κ1) is 11.7. The third-order valence-corrected chi connectivity index (χ3v) is 2.91. The van der Waals surface area contributed by atoms with E-state index in [-0.39, 0.29) is 0 Å². The van der Waals surface area contributed by atoms with Crippen LogP contribution in [0.2, 0.25) is 0 Å². The maximum absolute atomic E-state index is 5.81. The molecule has 1 N–H and O–H groups in total. The summed E-state index contributed by atoms with van der Waals surface area (Å²) in [6.07, 6.45) is 1.78. The van der Waals surface area contributed by atoms with E-state index in [1.54, 1.807) is 6.20 Å². The number of hydrogen-bond donors (Lipinski definition) is 1. The fourth-order valence-corrected chi connectivity index (χ4v) is 2.05. The summed E-state index contributed by atoms with van der Waals surface area (Å²) in [6.45, 7) is 0.722. The van der Waals surface area contributed by atoms with Gasteiger partial charge in [0.15, 0.2) is 5.76 Å². The molecule has 0 radical (unpaired) electrons. The Balaban J connectivity index is 1.99. The molecule has 3 rings (SSSR count). The lowest BCUT2D eigenvalue weighted by molar-refractivity contribution is 0.504. The van der Waals surface area contributed by atoms with E-state index in [1.165, 1.54) is 0 Å². The van der Waals surface area contributed by atoms with Crippen LogP contribution in [0.3, 0.4) is 0 Å². The van der Waals surface area contributed by atoms with Gasteiger partial charge in [-0.2, -0.15) is 5.10 Å². The number of nitrogens with zero attached hydrogens (tertiary/aromatic N) is 2. The molecule has 0 unspecified atom stereocenters. The maximum atomic E-state index is 5.81. The van der Waals surface area contributed by atoms with E-state index in [9.17, 15) is 0 Å². The van der Waals surface area contributed by atoms with Crippen LogP contribution in [0.4, 0.5) is 0 Å². The number of benzene rings is 1. The predicted octanol–water partition coefficient (Wildman–Crippen LogP) is 2.85. The lowest BCUT2D eigenvalue weighted by atomic mass is 10.3. The van der Waals surface area contributed by atoms with E-state index in [0.29, 0.717) is 0 Å². The smallest absolute Gasteiger partial charge is 0.152 e. The summed E-state index contributed by atoms with van der Waals surface area (Å²) in [5.41, 5.74) is 1.97. The highest BCUT2D eigenvalue weighted by Gasteiger charge is 2.11. The largest absolute Gasteiger partial charge is 0.458 e. The van der Waals surface area contributed by atoms with Crippen molar-refractivity contribution in [2.75, 3.05) is 7.05 Å². The standard InChI is InChI=1S/C15H15N3O/c1-16-11-13-7-8-15(19-13)14-9-10-17-18(14)12-5-3-2-4-6-12/h2-10,16H,11H2,1H3. The van der Waals surface area contributed by atoms with Crippen LogP contribution in [0.15, 0.2) is 59.1 Å². The first-order valence-electron chi connectivity index (χ1n) is 6.21. The Morgan fingerprint density at radius 1 is 1.11 bits per heavy atom. The Morgan fingerprint density at radius 2 is 1.95 bits per heavy atom. The second kappa shape index (κ2) is 5.12. The van der Waals surface area contributed by atoms with Gasteiger partial charge in [0.05, 0.1) is 18.4 Å². The summed E-state index contributed by atoms with van der Waals surface area (Å²) in [4.78, 5) is 0. The van der Waals surface area contributed by atoms with Gasteiger partial charge in [-0.25, -0.2) is 4.68 Å². The summed E-state index contributed by atoms with van der Waals surface area (Å²) in [5.74, 6) is 1.74. The molecule has 0 aliphatic heterocycles. The number of aromatic nitrogens is 2. The van der Waals surface area contributed by atoms with Crippen molar-refractivity contribution in [1.29, 1.82) is 0 Å². The van der Waals surface area contributed by atoms with Crippen molar-refractivity contribution in [3.05, 3.63) is 60.5 Å². The lowest BCUT2D eigenvalue weighted by Gasteiger charge is -2.05. The molecule has 0 fully saturated rings. The zero-order valence-corrected chi connectivity index (χ0v) is 10.7. The molecule has 96 valence electrons. The van der Waals surface area contributed by atoms with Crippen LogP contribution in [0.5, 0.6) is 0 Å². The molecule has 0 bridgehead atoms. The monoisotopic (exact) mass is 253 g/mol. The lowest BCUT2D eigenvalue weighted by Crippen LogP contribution is -2.03. The van der Waals surface area contributed by atoms with Gasteiger partial charge in [0.1, 0.15) is 11.5 Å². The van der Waals surface area contributed by atoms with Gasteiger partial charge in [0, 0.05) is 0 Å². The number of para-hydroxylation sites is 1. The van der Waals surface area contributed by atoms with E-state index in [1.807, 2.05) is 60.3 Å². The van der Waals surface area contributed by atoms with Gasteiger partial charge in [0.2, 0.25) is 0 Å². The van der Waals surface area contributed by atoms with Gasteiger partial charge in [-0.05, 0) is 37.4 Å². The molecule has 0 atom stereocenters. The Bertz CT molecular complexity index is 655. The quantitative estimate of drug-likeness (QED) is 0.777. The Morgan fingerprint density at radius 3 is 2.74 bits per heavy atom. The molecule has 2 aromatic heterocycles. The van der Waals surface area contributed by atoms with Gasteiger partial charge in [-0.15, -0.1) is 0 Å². The average molecular weight is 253 g/mol. The van der Waals surface area contributed by atoms with Gasteiger partial charge in [-0.3, -0.25) is 0 Å². The van der Waals surface area contributed by atoms with Gasteiger partial charge < -0.3 is 9.73 Å². The zero-order chi connectivity index (χ0) is 13.1. The molecule has 0 saturated carbocycles. The minimum Gasteiger partial charge on any atom is -0.458 e. The summed E-state index contributed by atoms with van der Waals surface area (Å²) >= 11 is 0. The number of rotatable bonds is 4. The van der Waals surface area contributed by atoms with Gasteiger partial charge in [-0.1, -0.05) is 18.2 Å². The summed E-state index contributed by atoms with van der Waals surface area (Å²) in [6, 6.07) is 15.9. The molecule has 19 heavy (non-hydrogen) atoms. The Kier molecular flexibility index (Phi) is 3.16. The van der Waals surface area contributed by atoms with Crippen LogP contribution >= 0.6 is 0 Å². The second-order valence-electron chi connectivity index (χ2n) is 4.26. The van der Waals surface area contributed by atoms with Crippen LogP contribution in [0.1, 0.15) is 5.76 Å². The average Bonchev–Trinajstić information content (AvgIpc) is 3.08. The number of hydrogen-bond acceptors (Lipinski definition) is 3. The van der Waals surface area contributed by atoms with Crippen LogP contribution in [-0.2, 0) is 6.54 Å². The highest BCUT2D eigenvalue weighted by molar-refractivity contribution is 5.56. The minimum atomic E-state index is 0.722. The third-order valence-electron chi connectivity index (χ3n) is 2.91. The van der Waals surface area contributed by atoms with E-state index in [4.69, 9.17) is 4.42 Å². The molecule has 4 heteroatoms. The zero-order valence-electron chi connectivity index (χ0n) is 10.7. The van der Waals surface area contributed by atoms with E-state index >= 15 is 0 Å². The van der Waals surface area contributed by atoms with Crippen molar-refractivity contribution in [2.24, 2.45) is 0 Å². The molecule has 0 aliphatic rings. The molecular weight excluding hydrogens is 238 g/mol. The fourth-order valence-electron chi connectivity index (χ4n) is 2.05. The summed E-state index contributed by atoms with van der Waals surface area (Å²) in [7, 11) is 1.90. The van der Waals surface area contributed by atoms with E-state index in [0.717, 1.165) is 29.4 Å². The topological polar surface area (TPSA) is 43.0 Å². The van der Waals surface area contributed by atoms with E-state index in [2.05, 4.69) is 10.4 Å². The van der Waals surface area contributed by atoms with Crippen molar-refractivity contribution < 1.29 is 4.42 Å². The summed E-state index contributed by atoms with van der Waals surface area (Å²) in [5, 5.41) is 7.43. The number of nitrogens with one attached hydrogen (secondary N) is 1. The molecule has 4 nitrogen and oxygen atoms in total. The van der Waals surface area contributed by atoms with Gasteiger partial charge >= 0.3 is 0 Å². The van der Waals surface area contributed by atoms with Crippen LogP contribution in [0.25, 0.3) is 17.1 Å². The molecule has 3 aromatic rings. The first-order chi connectivity index (χ1) is 9.38. The van der Waals surface area contributed by atoms with Crippen molar-refractivity contribution in [2.45, 2.75) is 6.54 Å². The highest BCUT2D eigenvalue weighted by Crippen LogP contribution is 2.24. The van der Waals surface area contributed by atoms with Crippen molar-refractivity contribution in [3.63, 3.8) is 0 Å². The normalized spacial score (nSPS) is 10.8. The van der Waals surface area contributed by atoms with Crippen LogP contribution in [0, 0.1) is 0 Å². The molecule has 2 heterocycles. The van der Waals surface area contributed by atoms with Crippen LogP contribution < -0.4 is 5.32 Å². The third kappa shape index (κ3) is 2.30. The summed E-state index contributed by atoms with van der Waals surface area (Å²) < 4.78 is 7.68. The predicted molar refractivity (Wildman–Crippen MR) is 74.0 cm³/mol. The maximum Gasteiger partial charge on any atom is 0.152 e. The van der Waals surface area contributed by atoms with Crippen molar-refractivity contribution in [1.82, 2.24) is 15.1 Å². The minimum absolute atomic E-state index is 0.722.